The van der Waals surface area contributed by atoms with Crippen molar-refractivity contribution in [1.82, 2.24) is 0 Å². The Balaban J connectivity index is 1.85. The summed E-state index contributed by atoms with van der Waals surface area (Å²) in [6.07, 6.45) is 4.97. The largest absolute Gasteiger partial charge is 0.469 e. The van der Waals surface area contributed by atoms with Crippen molar-refractivity contribution in [3.05, 3.63) is 0 Å². The molecule has 0 heterocycles. The first kappa shape index (κ1) is 10.1. The van der Waals surface area contributed by atoms with Crippen molar-refractivity contribution in [3.63, 3.8) is 0 Å². The summed E-state index contributed by atoms with van der Waals surface area (Å²) in [5.74, 6) is 1.13. The summed E-state index contributed by atoms with van der Waals surface area (Å²) >= 11 is 0. The molecule has 5 atom stereocenters. The van der Waals surface area contributed by atoms with Crippen molar-refractivity contribution in [1.29, 1.82) is 0 Å². The molecule has 2 unspecified atom stereocenters. The highest BCUT2D eigenvalue weighted by Crippen LogP contribution is 2.93. The molecule has 17 heavy (non-hydrogen) atoms. The molecule has 4 fully saturated rings. The summed E-state index contributed by atoms with van der Waals surface area (Å²) in [5.41, 5.74) is -0.266. The minimum atomic E-state index is -0.383. The van der Waals surface area contributed by atoms with Crippen LogP contribution in [0.15, 0.2) is 0 Å². The van der Waals surface area contributed by atoms with Gasteiger partial charge in [-0.1, -0.05) is 6.42 Å². The smallest absolute Gasteiger partial charge is 0.311 e. The lowest BCUT2D eigenvalue weighted by Gasteiger charge is -2.26. The second-order valence-electron chi connectivity index (χ2n) is 6.74. The normalized spacial score (nSPS) is 57.9. The van der Waals surface area contributed by atoms with Crippen molar-refractivity contribution in [2.75, 3.05) is 7.11 Å². The molecule has 0 aromatic rings. The van der Waals surface area contributed by atoms with Crippen LogP contribution in [-0.4, -0.2) is 18.9 Å². The van der Waals surface area contributed by atoms with Gasteiger partial charge in [-0.2, -0.15) is 0 Å². The second kappa shape index (κ2) is 2.45. The number of carbonyl (C=O) groups excluding carboxylic acids is 2. The summed E-state index contributed by atoms with van der Waals surface area (Å²) < 4.78 is 5.00. The van der Waals surface area contributed by atoms with E-state index < -0.39 is 0 Å². The number of Topliss-reactive ketones (excluding diaryl/α,β-unsaturated/α-hetero) is 1. The van der Waals surface area contributed by atoms with Gasteiger partial charge in [-0.3, -0.25) is 9.59 Å². The zero-order chi connectivity index (χ0) is 12.1. The summed E-state index contributed by atoms with van der Waals surface area (Å²) in [6, 6.07) is 0. The van der Waals surface area contributed by atoms with Gasteiger partial charge >= 0.3 is 5.97 Å². The van der Waals surface area contributed by atoms with Gasteiger partial charge in [-0.15, -0.1) is 0 Å². The van der Waals surface area contributed by atoms with Crippen molar-refractivity contribution in [2.45, 2.75) is 39.0 Å². The molecule has 0 bridgehead atoms. The maximum atomic E-state index is 12.3. The minimum absolute atomic E-state index is 0.0900. The molecule has 1 spiro atoms. The lowest BCUT2D eigenvalue weighted by molar-refractivity contribution is -0.153. The van der Waals surface area contributed by atoms with Gasteiger partial charge in [-0.05, 0) is 43.4 Å². The van der Waals surface area contributed by atoms with Crippen LogP contribution in [0.3, 0.4) is 0 Å². The third-order valence-electron chi connectivity index (χ3n) is 6.53. The van der Waals surface area contributed by atoms with Crippen LogP contribution in [0.2, 0.25) is 0 Å². The molecule has 0 aliphatic heterocycles. The van der Waals surface area contributed by atoms with Crippen LogP contribution >= 0.6 is 0 Å². The fraction of sp³-hybridized carbons (Fsp3) is 0.857. The first-order valence-electron chi connectivity index (χ1n) is 6.66. The first-order chi connectivity index (χ1) is 8.04. The van der Waals surface area contributed by atoms with Crippen LogP contribution in [0.5, 0.6) is 0 Å². The van der Waals surface area contributed by atoms with E-state index in [0.717, 1.165) is 19.3 Å². The van der Waals surface area contributed by atoms with Crippen molar-refractivity contribution < 1.29 is 14.3 Å². The molecule has 0 aromatic heterocycles. The van der Waals surface area contributed by atoms with E-state index in [1.165, 1.54) is 20.0 Å². The molecule has 0 aromatic carbocycles. The van der Waals surface area contributed by atoms with Gasteiger partial charge < -0.3 is 4.74 Å². The van der Waals surface area contributed by atoms with Crippen molar-refractivity contribution in [3.8, 4) is 0 Å². The molecule has 4 rings (SSSR count). The molecule has 4 aliphatic rings. The van der Waals surface area contributed by atoms with Crippen LogP contribution in [0.4, 0.5) is 0 Å². The van der Waals surface area contributed by atoms with Crippen LogP contribution in [0.25, 0.3) is 0 Å². The van der Waals surface area contributed by atoms with E-state index >= 15 is 0 Å². The van der Waals surface area contributed by atoms with Gasteiger partial charge in [0, 0.05) is 11.8 Å². The molecule has 0 saturated heterocycles. The van der Waals surface area contributed by atoms with Crippen molar-refractivity contribution in [2.24, 2.45) is 28.1 Å². The predicted molar refractivity (Wildman–Crippen MR) is 60.1 cm³/mol. The van der Waals surface area contributed by atoms with Crippen LogP contribution < -0.4 is 0 Å². The standard InChI is InChI=1S/C14H18O3/c1-12(11(16)17-2)7-8-6-9(15)14-5-3-4-13(8,14)10(12)14/h8,10H,3-7H2,1-2H3/t8?,10?,12-,13-,14+/m0/s1. The molecule has 3 nitrogen and oxygen atoms in total. The minimum Gasteiger partial charge on any atom is -0.469 e. The molecular formula is C14H18O3. The zero-order valence-corrected chi connectivity index (χ0v) is 10.4. The Morgan fingerprint density at radius 3 is 2.82 bits per heavy atom. The Morgan fingerprint density at radius 1 is 1.41 bits per heavy atom. The number of rotatable bonds is 1. The summed E-state index contributed by atoms with van der Waals surface area (Å²) in [4.78, 5) is 24.4. The molecular weight excluding hydrogens is 216 g/mol. The van der Waals surface area contributed by atoms with E-state index in [1.807, 2.05) is 6.92 Å². The Morgan fingerprint density at radius 2 is 2.18 bits per heavy atom. The maximum Gasteiger partial charge on any atom is 0.311 e. The maximum absolute atomic E-state index is 12.3. The van der Waals surface area contributed by atoms with Gasteiger partial charge in [0.25, 0.3) is 0 Å². The molecule has 0 amide bonds. The van der Waals surface area contributed by atoms with E-state index in [2.05, 4.69) is 0 Å². The molecule has 3 heteroatoms. The number of esters is 1. The number of ketones is 1. The molecule has 4 saturated carbocycles. The van der Waals surface area contributed by atoms with Crippen LogP contribution in [0, 0.1) is 28.1 Å². The highest BCUT2D eigenvalue weighted by atomic mass is 16.5. The Bertz CT molecular complexity index is 456. The lowest BCUT2D eigenvalue weighted by atomic mass is 9.78. The Labute approximate surface area is 101 Å². The Kier molecular flexibility index (Phi) is 1.46. The number of carbonyl (C=O) groups is 2. The fourth-order valence-corrected chi connectivity index (χ4v) is 6.41. The molecule has 4 aliphatic carbocycles. The van der Waals surface area contributed by atoms with E-state index in [0.29, 0.717) is 17.6 Å². The molecule has 0 radical (unpaired) electrons. The van der Waals surface area contributed by atoms with E-state index in [-0.39, 0.29) is 22.2 Å². The molecule has 0 N–H and O–H groups in total. The number of ether oxygens (including phenoxy) is 1. The Hall–Kier alpha value is -0.860. The van der Waals surface area contributed by atoms with E-state index in [1.54, 1.807) is 0 Å². The van der Waals surface area contributed by atoms with E-state index in [4.69, 9.17) is 4.74 Å². The summed E-state index contributed by atoms with van der Waals surface area (Å²) in [6.45, 7) is 2.03. The van der Waals surface area contributed by atoms with Gasteiger partial charge in [0.1, 0.15) is 5.78 Å². The highest BCUT2D eigenvalue weighted by Gasteiger charge is 2.93. The number of methoxy groups -OCH3 is 1. The molecule has 92 valence electrons. The number of hydrogen-bond donors (Lipinski definition) is 0. The van der Waals surface area contributed by atoms with E-state index in [9.17, 15) is 9.59 Å². The summed E-state index contributed by atoms with van der Waals surface area (Å²) in [7, 11) is 1.47. The SMILES string of the molecule is COC(=O)[C@@]1(C)CC2CC(=O)[C@@]34CCC[C@@]23C14. The fourth-order valence-electron chi connectivity index (χ4n) is 6.41. The average Bonchev–Trinajstić information content (AvgIpc) is 2.50. The van der Waals surface area contributed by atoms with Crippen LogP contribution in [0.1, 0.15) is 39.0 Å². The third kappa shape index (κ3) is 0.699. The first-order valence-corrected chi connectivity index (χ1v) is 6.66. The quantitative estimate of drug-likeness (QED) is 0.651. The summed E-state index contributed by atoms with van der Waals surface area (Å²) in [5, 5.41) is 0. The lowest BCUT2D eigenvalue weighted by Crippen LogP contribution is -2.33. The average molecular weight is 234 g/mol. The van der Waals surface area contributed by atoms with Crippen molar-refractivity contribution >= 4 is 11.8 Å². The zero-order valence-electron chi connectivity index (χ0n) is 10.4. The predicted octanol–water partition coefficient (Wildman–Crippen LogP) is 1.94. The third-order valence-corrected chi connectivity index (χ3v) is 6.53. The second-order valence-corrected chi connectivity index (χ2v) is 6.74. The van der Waals surface area contributed by atoms with Gasteiger partial charge in [0.15, 0.2) is 0 Å². The monoisotopic (exact) mass is 234 g/mol. The number of hydrogen-bond acceptors (Lipinski definition) is 3. The van der Waals surface area contributed by atoms with Gasteiger partial charge in [-0.25, -0.2) is 0 Å². The van der Waals surface area contributed by atoms with Gasteiger partial charge in [0.2, 0.25) is 0 Å². The van der Waals surface area contributed by atoms with Gasteiger partial charge in [0.05, 0.1) is 12.5 Å². The topological polar surface area (TPSA) is 43.4 Å². The van der Waals surface area contributed by atoms with Crippen LogP contribution in [-0.2, 0) is 14.3 Å². The highest BCUT2D eigenvalue weighted by molar-refractivity contribution is 5.97.